The van der Waals surface area contributed by atoms with E-state index in [1.54, 1.807) is 24.4 Å². The molecular weight excluding hydrogens is 315 g/mol. The molecule has 1 atom stereocenters. The Morgan fingerprint density at radius 1 is 0.960 bits per heavy atom. The molecule has 2 aromatic carbocycles. The van der Waals surface area contributed by atoms with Crippen molar-refractivity contribution >= 4 is 5.91 Å². The SMILES string of the molecule is O=C(NCc1ccccc1F)C(Cc1ccccn1)c1ccccc1. The second-order valence-electron chi connectivity index (χ2n) is 5.80. The van der Waals surface area contributed by atoms with E-state index < -0.39 is 0 Å². The number of nitrogens with zero attached hydrogens (tertiary/aromatic N) is 1. The number of benzene rings is 2. The number of pyridine rings is 1. The summed E-state index contributed by atoms with van der Waals surface area (Å²) in [7, 11) is 0. The van der Waals surface area contributed by atoms with Gasteiger partial charge in [-0.05, 0) is 23.8 Å². The predicted octanol–water partition coefficient (Wildman–Crippen LogP) is 3.86. The van der Waals surface area contributed by atoms with E-state index in [4.69, 9.17) is 0 Å². The van der Waals surface area contributed by atoms with Crippen molar-refractivity contribution in [2.75, 3.05) is 0 Å². The van der Waals surface area contributed by atoms with Crippen molar-refractivity contribution in [2.45, 2.75) is 18.9 Å². The summed E-state index contributed by atoms with van der Waals surface area (Å²) in [4.78, 5) is 17.1. The van der Waals surface area contributed by atoms with Crippen molar-refractivity contribution in [1.29, 1.82) is 0 Å². The first-order valence-corrected chi connectivity index (χ1v) is 8.20. The minimum absolute atomic E-state index is 0.139. The highest BCUT2D eigenvalue weighted by Gasteiger charge is 2.21. The Bertz CT molecular complexity index is 822. The molecule has 1 unspecified atom stereocenters. The Morgan fingerprint density at radius 2 is 1.68 bits per heavy atom. The van der Waals surface area contributed by atoms with Crippen LogP contribution in [0.1, 0.15) is 22.7 Å². The Balaban J connectivity index is 1.76. The van der Waals surface area contributed by atoms with E-state index in [0.29, 0.717) is 12.0 Å². The number of nitrogens with one attached hydrogen (secondary N) is 1. The van der Waals surface area contributed by atoms with Crippen molar-refractivity contribution < 1.29 is 9.18 Å². The molecule has 0 aliphatic rings. The average Bonchev–Trinajstić information content (AvgIpc) is 2.67. The molecule has 3 aromatic rings. The highest BCUT2D eigenvalue weighted by molar-refractivity contribution is 5.83. The van der Waals surface area contributed by atoms with Crippen LogP contribution in [0.25, 0.3) is 0 Å². The Hall–Kier alpha value is -3.01. The van der Waals surface area contributed by atoms with Gasteiger partial charge >= 0.3 is 0 Å². The third kappa shape index (κ3) is 4.51. The zero-order valence-electron chi connectivity index (χ0n) is 13.7. The second-order valence-corrected chi connectivity index (χ2v) is 5.80. The van der Waals surface area contributed by atoms with Gasteiger partial charge in [-0.2, -0.15) is 0 Å². The monoisotopic (exact) mass is 334 g/mol. The van der Waals surface area contributed by atoms with Crippen LogP contribution in [0.3, 0.4) is 0 Å². The molecule has 1 amide bonds. The van der Waals surface area contributed by atoms with Crippen LogP contribution >= 0.6 is 0 Å². The summed E-state index contributed by atoms with van der Waals surface area (Å²) in [5.41, 5.74) is 2.23. The lowest BCUT2D eigenvalue weighted by Crippen LogP contribution is -2.30. The number of aromatic nitrogens is 1. The molecule has 0 bridgehead atoms. The van der Waals surface area contributed by atoms with Crippen molar-refractivity contribution in [3.63, 3.8) is 0 Å². The van der Waals surface area contributed by atoms with Gasteiger partial charge < -0.3 is 5.32 Å². The van der Waals surface area contributed by atoms with Crippen LogP contribution < -0.4 is 5.32 Å². The molecule has 3 nitrogen and oxygen atoms in total. The lowest BCUT2D eigenvalue weighted by Gasteiger charge is -2.17. The molecule has 0 radical (unpaired) electrons. The molecule has 126 valence electrons. The Morgan fingerprint density at radius 3 is 2.40 bits per heavy atom. The number of hydrogen-bond donors (Lipinski definition) is 1. The van der Waals surface area contributed by atoms with Gasteiger partial charge in [0.2, 0.25) is 5.91 Å². The molecule has 0 fully saturated rings. The number of carbonyl (C=O) groups is 1. The summed E-state index contributed by atoms with van der Waals surface area (Å²) in [6.07, 6.45) is 2.21. The van der Waals surface area contributed by atoms with Crippen LogP contribution in [-0.4, -0.2) is 10.9 Å². The first kappa shape index (κ1) is 16.8. The second kappa shape index (κ2) is 8.20. The third-order valence-corrected chi connectivity index (χ3v) is 4.07. The summed E-state index contributed by atoms with van der Waals surface area (Å²) >= 11 is 0. The van der Waals surface area contributed by atoms with Crippen LogP contribution in [0.2, 0.25) is 0 Å². The van der Waals surface area contributed by atoms with Gasteiger partial charge in [-0.3, -0.25) is 9.78 Å². The number of halogens is 1. The van der Waals surface area contributed by atoms with Crippen molar-refractivity contribution in [3.8, 4) is 0 Å². The zero-order valence-corrected chi connectivity index (χ0v) is 13.7. The highest BCUT2D eigenvalue weighted by atomic mass is 19.1. The van der Waals surface area contributed by atoms with Crippen LogP contribution in [-0.2, 0) is 17.8 Å². The predicted molar refractivity (Wildman–Crippen MR) is 95.4 cm³/mol. The summed E-state index contributed by atoms with van der Waals surface area (Å²) in [6, 6.07) is 21.7. The van der Waals surface area contributed by atoms with Gasteiger partial charge in [0.15, 0.2) is 0 Å². The Kier molecular flexibility index (Phi) is 5.52. The zero-order chi connectivity index (χ0) is 17.5. The summed E-state index contributed by atoms with van der Waals surface area (Å²) in [5, 5.41) is 2.85. The van der Waals surface area contributed by atoms with Gasteiger partial charge in [0.25, 0.3) is 0 Å². The first-order chi connectivity index (χ1) is 12.2. The normalized spacial score (nSPS) is 11.7. The van der Waals surface area contributed by atoms with Crippen molar-refractivity contribution in [2.24, 2.45) is 0 Å². The number of rotatable bonds is 6. The molecule has 0 aliphatic heterocycles. The van der Waals surface area contributed by atoms with E-state index in [1.165, 1.54) is 6.07 Å². The molecule has 4 heteroatoms. The highest BCUT2D eigenvalue weighted by Crippen LogP contribution is 2.20. The standard InChI is InChI=1S/C21H19FN2O/c22-20-12-5-4-10-17(20)15-24-21(25)19(16-8-2-1-3-9-16)14-18-11-6-7-13-23-18/h1-13,19H,14-15H2,(H,24,25). The summed E-state index contributed by atoms with van der Waals surface area (Å²) in [6.45, 7) is 0.164. The van der Waals surface area contributed by atoms with E-state index in [1.807, 2.05) is 48.5 Å². The fourth-order valence-corrected chi connectivity index (χ4v) is 2.72. The maximum atomic E-state index is 13.7. The van der Waals surface area contributed by atoms with E-state index in [-0.39, 0.29) is 24.2 Å². The van der Waals surface area contributed by atoms with Crippen LogP contribution in [0.4, 0.5) is 4.39 Å². The molecule has 1 heterocycles. The molecule has 0 saturated carbocycles. The van der Waals surface area contributed by atoms with E-state index in [0.717, 1.165) is 11.3 Å². The van der Waals surface area contributed by atoms with Crippen molar-refractivity contribution in [1.82, 2.24) is 10.3 Å². The smallest absolute Gasteiger partial charge is 0.228 e. The summed E-state index contributed by atoms with van der Waals surface area (Å²) in [5.74, 6) is -0.827. The van der Waals surface area contributed by atoms with E-state index in [2.05, 4.69) is 10.3 Å². The van der Waals surface area contributed by atoms with Crippen molar-refractivity contribution in [3.05, 3.63) is 102 Å². The van der Waals surface area contributed by atoms with Gasteiger partial charge in [-0.1, -0.05) is 54.6 Å². The minimum Gasteiger partial charge on any atom is -0.351 e. The Labute approximate surface area is 146 Å². The molecule has 1 aromatic heterocycles. The molecule has 1 N–H and O–H groups in total. The van der Waals surface area contributed by atoms with Gasteiger partial charge in [-0.25, -0.2) is 4.39 Å². The fourth-order valence-electron chi connectivity index (χ4n) is 2.72. The number of hydrogen-bond acceptors (Lipinski definition) is 2. The summed E-state index contributed by atoms with van der Waals surface area (Å²) < 4.78 is 13.7. The topological polar surface area (TPSA) is 42.0 Å². The molecule has 3 rings (SSSR count). The molecule has 25 heavy (non-hydrogen) atoms. The lowest BCUT2D eigenvalue weighted by molar-refractivity contribution is -0.122. The number of carbonyl (C=O) groups excluding carboxylic acids is 1. The third-order valence-electron chi connectivity index (χ3n) is 4.07. The van der Waals surface area contributed by atoms with Gasteiger partial charge in [0.05, 0.1) is 5.92 Å². The number of amides is 1. The average molecular weight is 334 g/mol. The fraction of sp³-hybridized carbons (Fsp3) is 0.143. The van der Waals surface area contributed by atoms with Crippen LogP contribution in [0, 0.1) is 5.82 Å². The molecule has 0 saturated heterocycles. The van der Waals surface area contributed by atoms with Crippen LogP contribution in [0.5, 0.6) is 0 Å². The molecule has 0 spiro atoms. The molecular formula is C21H19FN2O. The van der Waals surface area contributed by atoms with Gasteiger partial charge in [0, 0.05) is 30.4 Å². The largest absolute Gasteiger partial charge is 0.351 e. The van der Waals surface area contributed by atoms with Crippen LogP contribution in [0.15, 0.2) is 79.0 Å². The minimum atomic E-state index is -0.372. The molecule has 0 aliphatic carbocycles. The maximum Gasteiger partial charge on any atom is 0.228 e. The van der Waals surface area contributed by atoms with E-state index in [9.17, 15) is 9.18 Å². The first-order valence-electron chi connectivity index (χ1n) is 8.20. The maximum absolute atomic E-state index is 13.7. The lowest BCUT2D eigenvalue weighted by atomic mass is 9.93. The van der Waals surface area contributed by atoms with Gasteiger partial charge in [-0.15, -0.1) is 0 Å². The van der Waals surface area contributed by atoms with E-state index >= 15 is 0 Å². The van der Waals surface area contributed by atoms with Gasteiger partial charge in [0.1, 0.15) is 5.82 Å². The quantitative estimate of drug-likeness (QED) is 0.744.